The van der Waals surface area contributed by atoms with E-state index in [0.29, 0.717) is 5.56 Å². The molecule has 0 aromatic heterocycles. The third-order valence-electron chi connectivity index (χ3n) is 4.11. The van der Waals surface area contributed by atoms with Crippen molar-refractivity contribution in [2.75, 3.05) is 0 Å². The first kappa shape index (κ1) is 16.9. The summed E-state index contributed by atoms with van der Waals surface area (Å²) in [5, 5.41) is 12.1. The summed E-state index contributed by atoms with van der Waals surface area (Å²) in [6.45, 7) is 0. The van der Waals surface area contributed by atoms with Crippen molar-refractivity contribution in [3.63, 3.8) is 0 Å². The number of nitriles is 1. The largest absolute Gasteiger partial charge is 0.312 e. The number of hydrogen-bond acceptors (Lipinski definition) is 4. The number of nitrogens with one attached hydrogen (secondary N) is 1. The van der Waals surface area contributed by atoms with Crippen molar-refractivity contribution >= 4 is 0 Å². The van der Waals surface area contributed by atoms with E-state index >= 15 is 0 Å². The SMILES string of the molecule is N#Cc1ccc(-c2cccc(C(N)NC(N)c3ccccc3)c2)cc1. The quantitative estimate of drug-likeness (QED) is 0.626. The fourth-order valence-electron chi connectivity index (χ4n) is 2.70. The molecule has 0 heterocycles. The molecule has 0 fully saturated rings. The van der Waals surface area contributed by atoms with Crippen molar-refractivity contribution in [2.24, 2.45) is 11.5 Å². The maximum atomic E-state index is 8.91. The van der Waals surface area contributed by atoms with Crippen molar-refractivity contribution < 1.29 is 0 Å². The van der Waals surface area contributed by atoms with E-state index in [-0.39, 0.29) is 12.3 Å². The highest BCUT2D eigenvalue weighted by atomic mass is 15.1. The lowest BCUT2D eigenvalue weighted by Gasteiger charge is -2.21. The molecule has 0 radical (unpaired) electrons. The molecule has 0 aliphatic heterocycles. The van der Waals surface area contributed by atoms with Gasteiger partial charge < -0.3 is 11.5 Å². The topological polar surface area (TPSA) is 87.9 Å². The smallest absolute Gasteiger partial charge is 0.0991 e. The van der Waals surface area contributed by atoms with Crippen LogP contribution in [-0.4, -0.2) is 0 Å². The van der Waals surface area contributed by atoms with E-state index in [1.807, 2.05) is 78.9 Å². The van der Waals surface area contributed by atoms with Crippen molar-refractivity contribution in [3.8, 4) is 17.2 Å². The summed E-state index contributed by atoms with van der Waals surface area (Å²) in [4.78, 5) is 0. The number of nitrogens with zero attached hydrogens (tertiary/aromatic N) is 1. The lowest BCUT2D eigenvalue weighted by molar-refractivity contribution is 0.464. The van der Waals surface area contributed by atoms with E-state index < -0.39 is 0 Å². The molecular weight excluding hydrogens is 308 g/mol. The zero-order chi connectivity index (χ0) is 17.6. The molecule has 2 unspecified atom stereocenters. The van der Waals surface area contributed by atoms with Gasteiger partial charge in [0.1, 0.15) is 0 Å². The second-order valence-electron chi connectivity index (χ2n) is 5.85. The van der Waals surface area contributed by atoms with Gasteiger partial charge in [0.05, 0.1) is 24.0 Å². The first-order valence-corrected chi connectivity index (χ1v) is 8.10. The minimum atomic E-state index is -0.381. The van der Waals surface area contributed by atoms with Gasteiger partial charge in [0, 0.05) is 0 Å². The summed E-state index contributed by atoms with van der Waals surface area (Å²) in [7, 11) is 0. The molecule has 0 bridgehead atoms. The molecule has 0 amide bonds. The van der Waals surface area contributed by atoms with Gasteiger partial charge in [-0.05, 0) is 40.5 Å². The molecule has 3 aromatic carbocycles. The Morgan fingerprint density at radius 2 is 1.36 bits per heavy atom. The molecule has 4 nitrogen and oxygen atoms in total. The lowest BCUT2D eigenvalue weighted by Crippen LogP contribution is -2.36. The van der Waals surface area contributed by atoms with Crippen LogP contribution in [-0.2, 0) is 0 Å². The Kier molecular flexibility index (Phi) is 5.22. The maximum Gasteiger partial charge on any atom is 0.0991 e. The molecule has 0 aliphatic carbocycles. The van der Waals surface area contributed by atoms with Crippen LogP contribution in [0.2, 0.25) is 0 Å². The fraction of sp³-hybridized carbons (Fsp3) is 0.0952. The van der Waals surface area contributed by atoms with E-state index in [2.05, 4.69) is 11.4 Å². The second-order valence-corrected chi connectivity index (χ2v) is 5.85. The van der Waals surface area contributed by atoms with Crippen LogP contribution in [0, 0.1) is 11.3 Å². The van der Waals surface area contributed by atoms with Gasteiger partial charge in [0.2, 0.25) is 0 Å². The number of benzene rings is 3. The van der Waals surface area contributed by atoms with Gasteiger partial charge in [-0.3, -0.25) is 5.32 Å². The summed E-state index contributed by atoms with van der Waals surface area (Å²) in [6.07, 6.45) is -0.719. The molecule has 5 N–H and O–H groups in total. The fourth-order valence-corrected chi connectivity index (χ4v) is 2.70. The summed E-state index contributed by atoms with van der Waals surface area (Å²) in [5.74, 6) is 0. The summed E-state index contributed by atoms with van der Waals surface area (Å²) < 4.78 is 0. The van der Waals surface area contributed by atoms with Gasteiger partial charge in [-0.15, -0.1) is 0 Å². The normalized spacial score (nSPS) is 13.0. The number of rotatable bonds is 5. The van der Waals surface area contributed by atoms with Gasteiger partial charge in [-0.2, -0.15) is 5.26 Å². The monoisotopic (exact) mass is 328 g/mol. The van der Waals surface area contributed by atoms with E-state index in [1.165, 1.54) is 0 Å². The summed E-state index contributed by atoms with van der Waals surface area (Å²) in [5.41, 5.74) is 17.2. The van der Waals surface area contributed by atoms with Crippen molar-refractivity contribution in [1.82, 2.24) is 5.32 Å². The minimum Gasteiger partial charge on any atom is -0.312 e. The van der Waals surface area contributed by atoms with Crippen LogP contribution in [0.3, 0.4) is 0 Å². The zero-order valence-electron chi connectivity index (χ0n) is 13.8. The molecule has 2 atom stereocenters. The Morgan fingerprint density at radius 1 is 0.720 bits per heavy atom. The predicted molar refractivity (Wildman–Crippen MR) is 100 cm³/mol. The molecule has 124 valence electrons. The van der Waals surface area contributed by atoms with E-state index in [4.69, 9.17) is 16.7 Å². The molecule has 0 aliphatic rings. The van der Waals surface area contributed by atoms with Gasteiger partial charge in [0.15, 0.2) is 0 Å². The van der Waals surface area contributed by atoms with Crippen LogP contribution in [0.4, 0.5) is 0 Å². The van der Waals surface area contributed by atoms with Gasteiger partial charge >= 0.3 is 0 Å². The Hall–Kier alpha value is -2.97. The third-order valence-corrected chi connectivity index (χ3v) is 4.11. The van der Waals surface area contributed by atoms with E-state index in [9.17, 15) is 0 Å². The maximum absolute atomic E-state index is 8.91. The highest BCUT2D eigenvalue weighted by Gasteiger charge is 2.12. The zero-order valence-corrected chi connectivity index (χ0v) is 13.8. The Labute approximate surface area is 147 Å². The van der Waals surface area contributed by atoms with Crippen LogP contribution in [0.1, 0.15) is 29.0 Å². The Bertz CT molecular complexity index is 866. The standard InChI is InChI=1S/C21H20N4/c22-14-15-9-11-16(12-10-15)18-7-4-8-19(13-18)21(24)25-20(23)17-5-2-1-3-6-17/h1-13,20-21,25H,23-24H2. The number of nitrogens with two attached hydrogens (primary N) is 2. The first-order valence-electron chi connectivity index (χ1n) is 8.10. The van der Waals surface area contributed by atoms with Crippen LogP contribution in [0.25, 0.3) is 11.1 Å². The molecule has 0 saturated heterocycles. The lowest BCUT2D eigenvalue weighted by atomic mass is 10.0. The summed E-state index contributed by atoms with van der Waals surface area (Å²) in [6, 6.07) is 27.4. The summed E-state index contributed by atoms with van der Waals surface area (Å²) >= 11 is 0. The van der Waals surface area contributed by atoms with Crippen LogP contribution < -0.4 is 16.8 Å². The minimum absolute atomic E-state index is 0.338. The van der Waals surface area contributed by atoms with Gasteiger partial charge in [-0.1, -0.05) is 60.7 Å². The van der Waals surface area contributed by atoms with Crippen molar-refractivity contribution in [2.45, 2.75) is 12.3 Å². The van der Waals surface area contributed by atoms with Crippen molar-refractivity contribution in [1.29, 1.82) is 5.26 Å². The average Bonchev–Trinajstić information content (AvgIpc) is 2.68. The Morgan fingerprint density at radius 3 is 2.04 bits per heavy atom. The van der Waals surface area contributed by atoms with Crippen LogP contribution >= 0.6 is 0 Å². The molecular formula is C21H20N4. The highest BCUT2D eigenvalue weighted by Crippen LogP contribution is 2.23. The molecule has 3 rings (SSSR count). The molecule has 0 spiro atoms. The van der Waals surface area contributed by atoms with Crippen LogP contribution in [0.5, 0.6) is 0 Å². The molecule has 0 saturated carbocycles. The van der Waals surface area contributed by atoms with Crippen LogP contribution in [0.15, 0.2) is 78.9 Å². The highest BCUT2D eigenvalue weighted by molar-refractivity contribution is 5.65. The van der Waals surface area contributed by atoms with E-state index in [1.54, 1.807) is 0 Å². The van der Waals surface area contributed by atoms with E-state index in [0.717, 1.165) is 22.3 Å². The number of hydrogen-bond donors (Lipinski definition) is 3. The van der Waals surface area contributed by atoms with Crippen molar-refractivity contribution in [3.05, 3.63) is 95.6 Å². The average molecular weight is 328 g/mol. The third kappa shape index (κ3) is 4.11. The Balaban J connectivity index is 1.77. The predicted octanol–water partition coefficient (Wildman–Crippen LogP) is 3.43. The molecule has 4 heteroatoms. The second kappa shape index (κ2) is 7.73. The van der Waals surface area contributed by atoms with Gasteiger partial charge in [-0.25, -0.2) is 0 Å². The first-order chi connectivity index (χ1) is 12.2. The molecule has 25 heavy (non-hydrogen) atoms. The molecule has 3 aromatic rings. The van der Waals surface area contributed by atoms with Gasteiger partial charge in [0.25, 0.3) is 0 Å².